The number of anilines is 2. The number of aromatic nitrogens is 1. The maximum atomic E-state index is 8.76. The first-order valence-corrected chi connectivity index (χ1v) is 6.02. The third-order valence-electron chi connectivity index (χ3n) is 2.14. The molecule has 0 bridgehead atoms. The number of pyridine rings is 1. The van der Waals surface area contributed by atoms with Crippen molar-refractivity contribution >= 4 is 46.3 Å². The molecule has 18 heavy (non-hydrogen) atoms. The van der Waals surface area contributed by atoms with Gasteiger partial charge in [0.05, 0.1) is 20.8 Å². The van der Waals surface area contributed by atoms with Crippen molar-refractivity contribution in [1.82, 2.24) is 4.98 Å². The molecule has 2 aromatic rings. The molecule has 90 valence electrons. The van der Waals surface area contributed by atoms with Crippen LogP contribution >= 0.6 is 34.8 Å². The first-order chi connectivity index (χ1) is 8.60. The molecule has 0 radical (unpaired) electrons. The molecule has 0 unspecified atom stereocenters. The molecule has 0 aliphatic carbocycles. The van der Waals surface area contributed by atoms with Crippen molar-refractivity contribution < 1.29 is 0 Å². The Kier molecular flexibility index (Phi) is 3.93. The molecule has 2 rings (SSSR count). The smallest absolute Gasteiger partial charge is 0.142 e. The monoisotopic (exact) mass is 297 g/mol. The fourth-order valence-corrected chi connectivity index (χ4v) is 1.92. The maximum absolute atomic E-state index is 8.76. The summed E-state index contributed by atoms with van der Waals surface area (Å²) in [5, 5.41) is 12.9. The summed E-state index contributed by atoms with van der Waals surface area (Å²) in [6, 6.07) is 10.2. The molecule has 0 fully saturated rings. The predicted molar refractivity (Wildman–Crippen MR) is 73.7 cm³/mol. The van der Waals surface area contributed by atoms with Gasteiger partial charge in [-0.25, -0.2) is 4.98 Å². The van der Waals surface area contributed by atoms with E-state index in [2.05, 4.69) is 10.3 Å². The van der Waals surface area contributed by atoms with Gasteiger partial charge in [-0.15, -0.1) is 0 Å². The summed E-state index contributed by atoms with van der Waals surface area (Å²) in [5.41, 5.74) is 0.893. The van der Waals surface area contributed by atoms with E-state index in [0.29, 0.717) is 32.3 Å². The molecule has 0 aliphatic heterocycles. The number of hydrogen-bond acceptors (Lipinski definition) is 3. The van der Waals surface area contributed by atoms with E-state index in [4.69, 9.17) is 40.1 Å². The zero-order chi connectivity index (χ0) is 13.1. The van der Waals surface area contributed by atoms with Crippen LogP contribution in [-0.4, -0.2) is 4.98 Å². The minimum atomic E-state index is 0.316. The Morgan fingerprint density at radius 1 is 1.06 bits per heavy atom. The minimum absolute atomic E-state index is 0.316. The molecule has 0 saturated heterocycles. The van der Waals surface area contributed by atoms with E-state index in [0.717, 1.165) is 0 Å². The summed E-state index contributed by atoms with van der Waals surface area (Å²) in [6.45, 7) is 0. The second-order valence-corrected chi connectivity index (χ2v) is 4.61. The summed E-state index contributed by atoms with van der Waals surface area (Å²) in [5.74, 6) is 0.509. The quantitative estimate of drug-likeness (QED) is 0.820. The van der Waals surface area contributed by atoms with Crippen molar-refractivity contribution in [2.75, 3.05) is 5.32 Å². The van der Waals surface area contributed by atoms with Crippen LogP contribution in [0.2, 0.25) is 15.1 Å². The highest BCUT2D eigenvalue weighted by Gasteiger charge is 2.07. The molecule has 0 atom stereocenters. The van der Waals surface area contributed by atoms with Gasteiger partial charge in [0.2, 0.25) is 0 Å². The third kappa shape index (κ3) is 2.85. The SMILES string of the molecule is N#Cc1cccc(Nc2cc(Cl)c(Cl)cc2Cl)n1. The van der Waals surface area contributed by atoms with Crippen LogP contribution in [0.25, 0.3) is 0 Å². The highest BCUT2D eigenvalue weighted by molar-refractivity contribution is 6.44. The molecule has 1 heterocycles. The summed E-state index contributed by atoms with van der Waals surface area (Å²) < 4.78 is 0. The summed E-state index contributed by atoms with van der Waals surface area (Å²) in [7, 11) is 0. The van der Waals surface area contributed by atoms with E-state index >= 15 is 0 Å². The van der Waals surface area contributed by atoms with Crippen LogP contribution in [0.1, 0.15) is 5.69 Å². The molecule has 0 amide bonds. The van der Waals surface area contributed by atoms with E-state index in [9.17, 15) is 0 Å². The largest absolute Gasteiger partial charge is 0.339 e. The highest BCUT2D eigenvalue weighted by atomic mass is 35.5. The Hall–Kier alpha value is -1.47. The molecule has 3 nitrogen and oxygen atoms in total. The second-order valence-electron chi connectivity index (χ2n) is 3.39. The normalized spacial score (nSPS) is 9.89. The van der Waals surface area contributed by atoms with E-state index in [1.54, 1.807) is 30.3 Å². The van der Waals surface area contributed by atoms with Gasteiger partial charge < -0.3 is 5.32 Å². The van der Waals surface area contributed by atoms with Gasteiger partial charge >= 0.3 is 0 Å². The van der Waals surface area contributed by atoms with Crippen molar-refractivity contribution in [1.29, 1.82) is 5.26 Å². The van der Waals surface area contributed by atoms with E-state index in [-0.39, 0.29) is 0 Å². The van der Waals surface area contributed by atoms with E-state index < -0.39 is 0 Å². The molecule has 0 spiro atoms. The van der Waals surface area contributed by atoms with Crippen LogP contribution in [0.5, 0.6) is 0 Å². The number of rotatable bonds is 2. The molecule has 6 heteroatoms. The van der Waals surface area contributed by atoms with Crippen LogP contribution < -0.4 is 5.32 Å². The van der Waals surface area contributed by atoms with Crippen molar-refractivity contribution in [2.45, 2.75) is 0 Å². The zero-order valence-electron chi connectivity index (χ0n) is 8.92. The van der Waals surface area contributed by atoms with Gasteiger partial charge in [0.15, 0.2) is 0 Å². The van der Waals surface area contributed by atoms with Crippen molar-refractivity contribution in [3.63, 3.8) is 0 Å². The lowest BCUT2D eigenvalue weighted by atomic mass is 10.3. The topological polar surface area (TPSA) is 48.7 Å². The van der Waals surface area contributed by atoms with Gasteiger partial charge in [-0.2, -0.15) is 5.26 Å². The predicted octanol–water partition coefficient (Wildman–Crippen LogP) is 4.66. The van der Waals surface area contributed by atoms with Crippen LogP contribution in [0.3, 0.4) is 0 Å². The number of halogens is 3. The second kappa shape index (κ2) is 5.45. The minimum Gasteiger partial charge on any atom is -0.339 e. The van der Waals surface area contributed by atoms with Crippen molar-refractivity contribution in [3.8, 4) is 6.07 Å². The molecule has 0 saturated carbocycles. The van der Waals surface area contributed by atoms with Gasteiger partial charge in [-0.05, 0) is 24.3 Å². The third-order valence-corrected chi connectivity index (χ3v) is 3.17. The number of hydrogen-bond donors (Lipinski definition) is 1. The standard InChI is InChI=1S/C12H6Cl3N3/c13-8-4-10(15)11(5-9(8)14)18-12-3-1-2-7(6-16)17-12/h1-5H,(H,17,18). The number of benzene rings is 1. The average Bonchev–Trinajstić information content (AvgIpc) is 2.36. The molecule has 1 aromatic carbocycles. The summed E-state index contributed by atoms with van der Waals surface area (Å²) in [4.78, 5) is 4.07. The summed E-state index contributed by atoms with van der Waals surface area (Å²) >= 11 is 17.8. The Morgan fingerprint density at radius 2 is 1.78 bits per heavy atom. The number of nitrogens with one attached hydrogen (secondary N) is 1. The molecular weight excluding hydrogens is 293 g/mol. The Labute approximate surface area is 119 Å². The molecule has 0 aliphatic rings. The van der Waals surface area contributed by atoms with Gasteiger partial charge in [0, 0.05) is 0 Å². The first-order valence-electron chi connectivity index (χ1n) is 4.89. The van der Waals surface area contributed by atoms with Crippen molar-refractivity contribution in [2.24, 2.45) is 0 Å². The molecule has 1 aromatic heterocycles. The average molecular weight is 299 g/mol. The van der Waals surface area contributed by atoms with Crippen LogP contribution in [0, 0.1) is 11.3 Å². The fraction of sp³-hybridized carbons (Fsp3) is 0. The van der Waals surface area contributed by atoms with E-state index in [1.807, 2.05) is 6.07 Å². The Morgan fingerprint density at radius 3 is 2.50 bits per heavy atom. The van der Waals surface area contributed by atoms with Gasteiger partial charge in [-0.1, -0.05) is 40.9 Å². The lowest BCUT2D eigenvalue weighted by molar-refractivity contribution is 1.25. The lowest BCUT2D eigenvalue weighted by Crippen LogP contribution is -1.95. The summed E-state index contributed by atoms with van der Waals surface area (Å²) in [6.07, 6.45) is 0. The highest BCUT2D eigenvalue weighted by Crippen LogP contribution is 2.33. The van der Waals surface area contributed by atoms with Crippen LogP contribution in [-0.2, 0) is 0 Å². The fourth-order valence-electron chi connectivity index (χ4n) is 1.32. The maximum Gasteiger partial charge on any atom is 0.142 e. The van der Waals surface area contributed by atoms with Gasteiger partial charge in [0.25, 0.3) is 0 Å². The Balaban J connectivity index is 2.34. The van der Waals surface area contributed by atoms with Crippen LogP contribution in [0.15, 0.2) is 30.3 Å². The first kappa shape index (κ1) is 13.0. The lowest BCUT2D eigenvalue weighted by Gasteiger charge is -2.09. The van der Waals surface area contributed by atoms with Crippen LogP contribution in [0.4, 0.5) is 11.5 Å². The van der Waals surface area contributed by atoms with Gasteiger partial charge in [-0.3, -0.25) is 0 Å². The zero-order valence-corrected chi connectivity index (χ0v) is 11.2. The molecule has 1 N–H and O–H groups in total. The number of nitrogens with zero attached hydrogens (tertiary/aromatic N) is 2. The van der Waals surface area contributed by atoms with Crippen molar-refractivity contribution in [3.05, 3.63) is 51.1 Å². The Bertz CT molecular complexity index is 635. The van der Waals surface area contributed by atoms with E-state index in [1.165, 1.54) is 0 Å². The molecular formula is C12H6Cl3N3. The number of nitriles is 1. The van der Waals surface area contributed by atoms with Gasteiger partial charge in [0.1, 0.15) is 17.6 Å².